The fraction of sp³-hybridized carbons (Fsp3) is 0.115. The van der Waals surface area contributed by atoms with Crippen LogP contribution in [-0.2, 0) is 11.3 Å². The number of aryl methyl sites for hydroxylation is 1. The Morgan fingerprint density at radius 1 is 1.12 bits per heavy atom. The number of aliphatic hydroxyl groups is 1. The summed E-state index contributed by atoms with van der Waals surface area (Å²) in [5, 5.41) is 12.0. The van der Waals surface area contributed by atoms with Crippen LogP contribution in [0.3, 0.4) is 0 Å². The maximum atomic E-state index is 13.6. The Hall–Kier alpha value is -3.90. The van der Waals surface area contributed by atoms with E-state index in [0.29, 0.717) is 21.7 Å². The standard InChI is InChI=1S/C26H19ClN2O4/c1-15-6-2-3-8-19(15)23-22(24(30)21-13-16-12-17(27)9-10-20(16)33-21)25(31)26(32)29(23)14-18-7-4-5-11-28-18/h2-13,23,31H,14H2,1H3. The van der Waals surface area contributed by atoms with E-state index in [1.165, 1.54) is 4.90 Å². The molecule has 2 aromatic carbocycles. The summed E-state index contributed by atoms with van der Waals surface area (Å²) in [5.74, 6) is -1.73. The van der Waals surface area contributed by atoms with Crippen LogP contribution in [0.25, 0.3) is 11.0 Å². The number of benzene rings is 2. The summed E-state index contributed by atoms with van der Waals surface area (Å²) in [5.41, 5.74) is 2.75. The lowest BCUT2D eigenvalue weighted by atomic mass is 9.92. The number of pyridine rings is 1. The van der Waals surface area contributed by atoms with Crippen molar-refractivity contribution < 1.29 is 19.1 Å². The van der Waals surface area contributed by atoms with Crippen LogP contribution in [-0.4, -0.2) is 26.7 Å². The molecule has 5 rings (SSSR count). The van der Waals surface area contributed by atoms with Gasteiger partial charge >= 0.3 is 0 Å². The highest BCUT2D eigenvalue weighted by Crippen LogP contribution is 2.41. The molecular weight excluding hydrogens is 440 g/mol. The summed E-state index contributed by atoms with van der Waals surface area (Å²) in [6.07, 6.45) is 1.64. The van der Waals surface area contributed by atoms with Crippen LogP contribution >= 0.6 is 11.6 Å². The van der Waals surface area contributed by atoms with Gasteiger partial charge in [-0.15, -0.1) is 0 Å². The molecule has 0 spiro atoms. The van der Waals surface area contributed by atoms with Crippen LogP contribution in [0.15, 0.2) is 88.7 Å². The molecule has 33 heavy (non-hydrogen) atoms. The van der Waals surface area contributed by atoms with Gasteiger partial charge < -0.3 is 14.4 Å². The first-order valence-electron chi connectivity index (χ1n) is 10.4. The van der Waals surface area contributed by atoms with Crippen molar-refractivity contribution in [2.75, 3.05) is 0 Å². The minimum absolute atomic E-state index is 0.0182. The minimum Gasteiger partial charge on any atom is -0.503 e. The molecule has 7 heteroatoms. The second kappa shape index (κ2) is 8.22. The fourth-order valence-electron chi connectivity index (χ4n) is 4.19. The van der Waals surface area contributed by atoms with Gasteiger partial charge in [-0.2, -0.15) is 0 Å². The lowest BCUT2D eigenvalue weighted by Gasteiger charge is -2.27. The highest BCUT2D eigenvalue weighted by molar-refractivity contribution is 6.31. The zero-order valence-electron chi connectivity index (χ0n) is 17.7. The molecule has 1 atom stereocenters. The summed E-state index contributed by atoms with van der Waals surface area (Å²) in [6, 6.07) is 18.7. The first-order chi connectivity index (χ1) is 15.9. The van der Waals surface area contributed by atoms with Gasteiger partial charge in [0.15, 0.2) is 11.5 Å². The topological polar surface area (TPSA) is 83.6 Å². The number of carbonyl (C=O) groups is 2. The SMILES string of the molecule is Cc1ccccc1C1C(C(=O)c2cc3cc(Cl)ccc3o2)=C(O)C(=O)N1Cc1ccccn1. The molecule has 1 aliphatic rings. The number of amides is 1. The number of aromatic nitrogens is 1. The van der Waals surface area contributed by atoms with Crippen LogP contribution < -0.4 is 0 Å². The van der Waals surface area contributed by atoms with Crippen molar-refractivity contribution in [1.29, 1.82) is 0 Å². The maximum absolute atomic E-state index is 13.6. The van der Waals surface area contributed by atoms with Crippen LogP contribution in [0.4, 0.5) is 0 Å². The summed E-state index contributed by atoms with van der Waals surface area (Å²) in [6.45, 7) is 2.04. The Kier molecular flexibility index (Phi) is 5.23. The van der Waals surface area contributed by atoms with Gasteiger partial charge in [-0.3, -0.25) is 14.6 Å². The third-order valence-electron chi connectivity index (χ3n) is 5.79. The van der Waals surface area contributed by atoms with Gasteiger partial charge in [0.25, 0.3) is 5.91 Å². The highest BCUT2D eigenvalue weighted by atomic mass is 35.5. The molecule has 164 valence electrons. The lowest BCUT2D eigenvalue weighted by molar-refractivity contribution is -0.130. The van der Waals surface area contributed by atoms with Crippen LogP contribution in [0.2, 0.25) is 5.02 Å². The predicted octanol–water partition coefficient (Wildman–Crippen LogP) is 5.57. The van der Waals surface area contributed by atoms with E-state index in [0.717, 1.165) is 11.1 Å². The molecule has 6 nitrogen and oxygen atoms in total. The summed E-state index contributed by atoms with van der Waals surface area (Å²) in [4.78, 5) is 32.5. The monoisotopic (exact) mass is 458 g/mol. The van der Waals surface area contributed by atoms with E-state index >= 15 is 0 Å². The third kappa shape index (κ3) is 3.68. The molecule has 1 unspecified atom stereocenters. The smallest absolute Gasteiger partial charge is 0.290 e. The number of Topliss-reactive ketones (excluding diaryl/α,β-unsaturated/α-hetero) is 1. The van der Waals surface area contributed by atoms with Crippen LogP contribution in [0.1, 0.15) is 33.4 Å². The van der Waals surface area contributed by atoms with Crippen molar-refractivity contribution in [3.8, 4) is 0 Å². The molecule has 0 radical (unpaired) electrons. The molecule has 0 aliphatic carbocycles. The normalized spacial score (nSPS) is 16.1. The van der Waals surface area contributed by atoms with E-state index in [2.05, 4.69) is 4.98 Å². The molecule has 0 saturated carbocycles. The Balaban J connectivity index is 1.62. The highest BCUT2D eigenvalue weighted by Gasteiger charge is 2.45. The molecule has 0 fully saturated rings. The number of hydrogen-bond donors (Lipinski definition) is 1. The molecule has 0 saturated heterocycles. The van der Waals surface area contributed by atoms with Gasteiger partial charge in [0, 0.05) is 16.6 Å². The number of rotatable bonds is 5. The quantitative estimate of drug-likeness (QED) is 0.395. The van der Waals surface area contributed by atoms with Crippen LogP contribution in [0.5, 0.6) is 0 Å². The first-order valence-corrected chi connectivity index (χ1v) is 10.7. The van der Waals surface area contributed by atoms with Crippen LogP contribution in [0, 0.1) is 6.92 Å². The Morgan fingerprint density at radius 2 is 1.91 bits per heavy atom. The molecule has 1 N–H and O–H groups in total. The molecule has 1 amide bonds. The molecule has 0 bridgehead atoms. The number of halogens is 1. The van der Waals surface area contributed by atoms with E-state index in [1.54, 1.807) is 42.6 Å². The third-order valence-corrected chi connectivity index (χ3v) is 6.03. The fourth-order valence-corrected chi connectivity index (χ4v) is 4.37. The van der Waals surface area contributed by atoms with Crippen molar-refractivity contribution >= 4 is 34.3 Å². The maximum Gasteiger partial charge on any atom is 0.290 e. The van der Waals surface area contributed by atoms with E-state index in [1.807, 2.05) is 37.3 Å². The number of aliphatic hydroxyl groups excluding tert-OH is 1. The van der Waals surface area contributed by atoms with Crippen molar-refractivity contribution in [2.24, 2.45) is 0 Å². The summed E-state index contributed by atoms with van der Waals surface area (Å²) in [7, 11) is 0. The van der Waals surface area contributed by atoms with Crippen molar-refractivity contribution in [2.45, 2.75) is 19.5 Å². The van der Waals surface area contributed by atoms with Gasteiger partial charge in [-0.25, -0.2) is 0 Å². The minimum atomic E-state index is -0.787. The molecule has 4 aromatic rings. The van der Waals surface area contributed by atoms with Gasteiger partial charge in [-0.1, -0.05) is 41.9 Å². The van der Waals surface area contributed by atoms with Gasteiger partial charge in [0.1, 0.15) is 5.58 Å². The van der Waals surface area contributed by atoms with E-state index < -0.39 is 23.5 Å². The second-order valence-corrected chi connectivity index (χ2v) is 8.33. The number of hydrogen-bond acceptors (Lipinski definition) is 5. The number of nitrogens with zero attached hydrogens (tertiary/aromatic N) is 2. The van der Waals surface area contributed by atoms with E-state index in [-0.39, 0.29) is 17.9 Å². The Labute approximate surface area is 194 Å². The average Bonchev–Trinajstić information content (AvgIpc) is 3.34. The average molecular weight is 459 g/mol. The Bertz CT molecular complexity index is 1420. The molecule has 2 aromatic heterocycles. The van der Waals surface area contributed by atoms with E-state index in [4.69, 9.17) is 16.0 Å². The van der Waals surface area contributed by atoms with Gasteiger partial charge in [-0.05, 0) is 54.4 Å². The van der Waals surface area contributed by atoms with Crippen molar-refractivity contribution in [1.82, 2.24) is 9.88 Å². The van der Waals surface area contributed by atoms with Gasteiger partial charge in [0.2, 0.25) is 5.78 Å². The first kappa shape index (κ1) is 21.0. The van der Waals surface area contributed by atoms with Crippen molar-refractivity contribution in [3.05, 3.63) is 112 Å². The lowest BCUT2D eigenvalue weighted by Crippen LogP contribution is -2.31. The largest absolute Gasteiger partial charge is 0.503 e. The molecule has 3 heterocycles. The number of fused-ring (bicyclic) bond motifs is 1. The van der Waals surface area contributed by atoms with Crippen molar-refractivity contribution in [3.63, 3.8) is 0 Å². The predicted molar refractivity (Wildman–Crippen MR) is 124 cm³/mol. The zero-order valence-corrected chi connectivity index (χ0v) is 18.4. The van der Waals surface area contributed by atoms with Gasteiger partial charge in [0.05, 0.1) is 23.9 Å². The summed E-state index contributed by atoms with van der Waals surface area (Å²) >= 11 is 6.06. The Morgan fingerprint density at radius 3 is 2.67 bits per heavy atom. The molecular formula is C26H19ClN2O4. The van der Waals surface area contributed by atoms with E-state index in [9.17, 15) is 14.7 Å². The number of ketones is 1. The zero-order chi connectivity index (χ0) is 23.1. The second-order valence-electron chi connectivity index (χ2n) is 7.90. The number of furan rings is 1. The summed E-state index contributed by atoms with van der Waals surface area (Å²) < 4.78 is 5.75. The number of carbonyl (C=O) groups excluding carboxylic acids is 2. The molecule has 1 aliphatic heterocycles.